The first-order valence-electron chi connectivity index (χ1n) is 11.9. The van der Waals surface area contributed by atoms with Gasteiger partial charge in [0.2, 0.25) is 5.91 Å². The lowest BCUT2D eigenvalue weighted by Crippen LogP contribution is -2.51. The van der Waals surface area contributed by atoms with Crippen LogP contribution < -0.4 is 14.8 Å². The van der Waals surface area contributed by atoms with Crippen LogP contribution in [0.4, 0.5) is 13.2 Å². The number of carboxylic acid groups (broad SMARTS) is 1. The summed E-state index contributed by atoms with van der Waals surface area (Å²) in [4.78, 5) is 29.9. The molecule has 0 saturated carbocycles. The van der Waals surface area contributed by atoms with E-state index in [1.807, 2.05) is 13.0 Å². The molecule has 0 atom stereocenters. The summed E-state index contributed by atoms with van der Waals surface area (Å²) in [5.41, 5.74) is 0.719. The fraction of sp³-hybridized carbons (Fsp3) is 0.400. The molecule has 1 aromatic heterocycles. The molecule has 10 nitrogen and oxygen atoms in total. The number of carboxylic acids is 1. The molecule has 4 rings (SSSR count). The Balaban J connectivity index is 1.54. The molecule has 2 N–H and O–H groups in total. The lowest BCUT2D eigenvalue weighted by atomic mass is 9.93. The Hall–Kier alpha value is -3.81. The number of aromatic nitrogens is 1. The molecule has 1 amide bonds. The summed E-state index contributed by atoms with van der Waals surface area (Å²) < 4.78 is 72.2. The van der Waals surface area contributed by atoms with Crippen molar-refractivity contribution in [3.63, 3.8) is 0 Å². The summed E-state index contributed by atoms with van der Waals surface area (Å²) in [7, 11) is -3.10. The van der Waals surface area contributed by atoms with Crippen LogP contribution in [0.1, 0.15) is 43.5 Å². The number of hydrogen-bond donors (Lipinski definition) is 2. The number of aromatic carboxylic acids is 1. The first kappa shape index (κ1) is 28.2. The predicted molar refractivity (Wildman–Crippen MR) is 132 cm³/mol. The molecule has 1 aromatic rings. The number of carbonyl (C=O) groups is 2. The van der Waals surface area contributed by atoms with E-state index in [0.717, 1.165) is 18.0 Å². The van der Waals surface area contributed by atoms with E-state index >= 15 is 0 Å². The number of hydrogen-bond acceptors (Lipinski definition) is 8. The zero-order valence-corrected chi connectivity index (χ0v) is 21.9. The number of pyridine rings is 1. The third-order valence-corrected chi connectivity index (χ3v) is 8.21. The number of fused-ring (bicyclic) bond motifs is 1. The van der Waals surface area contributed by atoms with Gasteiger partial charge in [-0.1, -0.05) is 6.08 Å². The fourth-order valence-corrected chi connectivity index (χ4v) is 5.96. The van der Waals surface area contributed by atoms with Crippen molar-refractivity contribution >= 4 is 21.7 Å². The summed E-state index contributed by atoms with van der Waals surface area (Å²) in [6, 6.07) is 0.889. The number of halogens is 3. The minimum atomic E-state index is -4.67. The van der Waals surface area contributed by atoms with Crippen LogP contribution in [0.15, 0.2) is 59.4 Å². The highest BCUT2D eigenvalue weighted by Crippen LogP contribution is 2.34. The number of carbonyl (C=O) groups excluding carboxylic acids is 1. The molecule has 4 heterocycles. The summed E-state index contributed by atoms with van der Waals surface area (Å²) in [6.45, 7) is 1.87. The molecule has 0 aliphatic carbocycles. The molecule has 0 radical (unpaired) electrons. The molecule has 1 saturated heterocycles. The number of ether oxygens (including phenoxy) is 2. The zero-order valence-electron chi connectivity index (χ0n) is 21.0. The Morgan fingerprint density at radius 2 is 1.92 bits per heavy atom. The monoisotopic (exact) mass is 569 g/mol. The van der Waals surface area contributed by atoms with Crippen LogP contribution in [-0.2, 0) is 14.6 Å². The highest BCUT2D eigenvalue weighted by atomic mass is 32.2. The van der Waals surface area contributed by atoms with E-state index in [1.54, 1.807) is 24.0 Å². The number of nitrogens with zero attached hydrogens (tertiary/aromatic N) is 2. The standard InChI is InChI=1S/C25H26F3N3O7S/c1-15-19(21(32)30-24(2)7-9-39(35,36)10-8-24)6-4-17-3-5-18(13-31(15)17)38-22-20(37-14-25(26,27)28)11-16(12-29-22)23(33)34/h3-5,11-13H,6-10,14H2,1-2H3,(H,30,32)(H,33,34). The van der Waals surface area contributed by atoms with Crippen molar-refractivity contribution in [2.75, 3.05) is 18.1 Å². The molecule has 1 fully saturated rings. The average molecular weight is 570 g/mol. The molecular weight excluding hydrogens is 543 g/mol. The highest BCUT2D eigenvalue weighted by Gasteiger charge is 2.36. The third-order valence-electron chi connectivity index (χ3n) is 6.56. The maximum Gasteiger partial charge on any atom is 0.422 e. The van der Waals surface area contributed by atoms with E-state index < -0.39 is 39.9 Å². The van der Waals surface area contributed by atoms with Gasteiger partial charge in [-0.2, -0.15) is 13.2 Å². The molecule has 0 spiro atoms. The number of amides is 1. The third kappa shape index (κ3) is 6.80. The fourth-order valence-electron chi connectivity index (χ4n) is 4.23. The summed E-state index contributed by atoms with van der Waals surface area (Å²) in [5, 5.41) is 12.1. The second-order valence-corrected chi connectivity index (χ2v) is 11.9. The van der Waals surface area contributed by atoms with Gasteiger partial charge < -0.3 is 24.8 Å². The lowest BCUT2D eigenvalue weighted by molar-refractivity contribution is -0.153. The van der Waals surface area contributed by atoms with Gasteiger partial charge in [-0.3, -0.25) is 4.79 Å². The number of sulfone groups is 1. The largest absolute Gasteiger partial charge is 0.478 e. The summed E-state index contributed by atoms with van der Waals surface area (Å²) >= 11 is 0. The van der Waals surface area contributed by atoms with Crippen molar-refractivity contribution in [2.24, 2.45) is 0 Å². The molecular formula is C25H26F3N3O7S. The lowest BCUT2D eigenvalue weighted by Gasteiger charge is -2.36. The summed E-state index contributed by atoms with van der Waals surface area (Å²) in [5.74, 6) is -2.46. The first-order valence-corrected chi connectivity index (χ1v) is 13.7. The normalized spacial score (nSPS) is 20.0. The number of allylic oxidation sites excluding steroid dienone is 4. The van der Waals surface area contributed by atoms with Crippen LogP contribution in [0.2, 0.25) is 0 Å². The molecule has 3 aliphatic rings. The van der Waals surface area contributed by atoms with Gasteiger partial charge in [0, 0.05) is 34.8 Å². The van der Waals surface area contributed by atoms with E-state index in [9.17, 15) is 31.2 Å². The quantitative estimate of drug-likeness (QED) is 0.506. The second-order valence-electron chi connectivity index (χ2n) is 9.64. The van der Waals surface area contributed by atoms with Crippen molar-refractivity contribution in [3.8, 4) is 11.6 Å². The van der Waals surface area contributed by atoms with E-state index in [0.29, 0.717) is 30.5 Å². The molecule has 210 valence electrons. The number of nitrogens with one attached hydrogen (secondary N) is 1. The SMILES string of the molecule is CC1=C(C(=O)NC2(C)CCS(=O)(=O)CC2)CC=C2C=CC(Oc3ncc(C(=O)O)cc3OCC(F)(F)F)=CN21. The van der Waals surface area contributed by atoms with Gasteiger partial charge in [0.1, 0.15) is 15.6 Å². The van der Waals surface area contributed by atoms with Crippen LogP contribution in [0, 0.1) is 0 Å². The minimum Gasteiger partial charge on any atom is -0.478 e. The van der Waals surface area contributed by atoms with Gasteiger partial charge in [-0.15, -0.1) is 0 Å². The molecule has 3 aliphatic heterocycles. The highest BCUT2D eigenvalue weighted by molar-refractivity contribution is 7.91. The average Bonchev–Trinajstić information content (AvgIpc) is 2.85. The van der Waals surface area contributed by atoms with Crippen molar-refractivity contribution in [3.05, 3.63) is 65.0 Å². The van der Waals surface area contributed by atoms with Crippen molar-refractivity contribution in [2.45, 2.75) is 44.8 Å². The van der Waals surface area contributed by atoms with Crippen LogP contribution in [0.3, 0.4) is 0 Å². The Kier molecular flexibility index (Phi) is 7.52. The molecule has 0 bridgehead atoms. The van der Waals surface area contributed by atoms with Crippen LogP contribution in [-0.4, -0.2) is 65.1 Å². The van der Waals surface area contributed by atoms with E-state index in [4.69, 9.17) is 14.6 Å². The molecule has 0 unspecified atom stereocenters. The van der Waals surface area contributed by atoms with Gasteiger partial charge in [-0.05, 0) is 45.3 Å². The number of rotatable bonds is 7. The van der Waals surface area contributed by atoms with Gasteiger partial charge >= 0.3 is 12.1 Å². The predicted octanol–water partition coefficient (Wildman–Crippen LogP) is 3.46. The van der Waals surface area contributed by atoms with Crippen molar-refractivity contribution in [1.82, 2.24) is 15.2 Å². The Morgan fingerprint density at radius 1 is 1.23 bits per heavy atom. The van der Waals surface area contributed by atoms with Gasteiger partial charge in [-0.25, -0.2) is 18.2 Å². The summed E-state index contributed by atoms with van der Waals surface area (Å²) in [6.07, 6.45) is 3.78. The molecule has 14 heteroatoms. The van der Waals surface area contributed by atoms with E-state index in [1.165, 1.54) is 6.20 Å². The van der Waals surface area contributed by atoms with Crippen molar-refractivity contribution in [1.29, 1.82) is 0 Å². The number of alkyl halides is 3. The zero-order chi connectivity index (χ0) is 28.6. The Bertz CT molecular complexity index is 1410. The van der Waals surface area contributed by atoms with Gasteiger partial charge in [0.25, 0.3) is 5.88 Å². The molecule has 0 aromatic carbocycles. The van der Waals surface area contributed by atoms with Crippen LogP contribution in [0.5, 0.6) is 11.6 Å². The smallest absolute Gasteiger partial charge is 0.422 e. The van der Waals surface area contributed by atoms with Crippen molar-refractivity contribution < 1.29 is 45.8 Å². The van der Waals surface area contributed by atoms with E-state index in [-0.39, 0.29) is 34.6 Å². The second kappa shape index (κ2) is 10.4. The van der Waals surface area contributed by atoms with E-state index in [2.05, 4.69) is 10.3 Å². The maximum atomic E-state index is 13.2. The van der Waals surface area contributed by atoms with Gasteiger partial charge in [0.15, 0.2) is 12.4 Å². The Morgan fingerprint density at radius 3 is 2.56 bits per heavy atom. The van der Waals surface area contributed by atoms with Crippen LogP contribution in [0.25, 0.3) is 0 Å². The topological polar surface area (TPSA) is 135 Å². The minimum absolute atomic E-state index is 0.00235. The Labute approximate surface area is 222 Å². The molecule has 39 heavy (non-hydrogen) atoms. The van der Waals surface area contributed by atoms with Crippen LogP contribution >= 0.6 is 0 Å². The maximum absolute atomic E-state index is 13.2. The van der Waals surface area contributed by atoms with Gasteiger partial charge in [0.05, 0.1) is 23.3 Å². The first-order chi connectivity index (χ1) is 18.1.